The molecule has 2 rings (SSSR count). The van der Waals surface area contributed by atoms with Crippen molar-refractivity contribution in [1.82, 2.24) is 4.98 Å². The maximum atomic E-state index is 11.2. The number of thioether (sulfide) groups is 1. The van der Waals surface area contributed by atoms with Crippen molar-refractivity contribution in [3.8, 4) is 0 Å². The third kappa shape index (κ3) is 9.08. The number of aromatic carboxylic acids is 1. The second kappa shape index (κ2) is 14.0. The van der Waals surface area contributed by atoms with Gasteiger partial charge in [0.05, 0.1) is 15.8 Å². The van der Waals surface area contributed by atoms with Crippen LogP contribution in [-0.2, 0) is 0 Å². The highest BCUT2D eigenvalue weighted by Crippen LogP contribution is 2.33. The molecule has 5 heteroatoms. The van der Waals surface area contributed by atoms with Gasteiger partial charge < -0.3 is 5.11 Å². The van der Waals surface area contributed by atoms with E-state index in [1.807, 2.05) is 17.8 Å². The van der Waals surface area contributed by atoms with Crippen LogP contribution in [0.5, 0.6) is 0 Å². The highest BCUT2D eigenvalue weighted by molar-refractivity contribution is 8.01. The van der Waals surface area contributed by atoms with Crippen LogP contribution in [0.15, 0.2) is 22.5 Å². The van der Waals surface area contributed by atoms with Crippen LogP contribution < -0.4 is 0 Å². The number of thiazole rings is 1. The smallest absolute Gasteiger partial charge is 0.335 e. The van der Waals surface area contributed by atoms with Crippen molar-refractivity contribution in [3.05, 3.63) is 23.8 Å². The van der Waals surface area contributed by atoms with Crippen molar-refractivity contribution in [2.75, 3.05) is 5.75 Å². The molecular weight excluding hydrogens is 398 g/mol. The third-order valence-corrected chi connectivity index (χ3v) is 7.90. The molecule has 0 aliphatic carbocycles. The first-order valence-electron chi connectivity index (χ1n) is 11.4. The minimum Gasteiger partial charge on any atom is -0.478 e. The Morgan fingerprint density at radius 3 is 2.28 bits per heavy atom. The zero-order valence-electron chi connectivity index (χ0n) is 18.1. The summed E-state index contributed by atoms with van der Waals surface area (Å²) in [6.07, 6.45) is 16.2. The molecule has 0 aliphatic heterocycles. The molecule has 2 aromatic rings. The Morgan fingerprint density at radius 1 is 1.00 bits per heavy atom. The van der Waals surface area contributed by atoms with Crippen molar-refractivity contribution in [2.45, 2.75) is 95.2 Å². The van der Waals surface area contributed by atoms with Crippen LogP contribution in [0.25, 0.3) is 10.2 Å². The van der Waals surface area contributed by atoms with Gasteiger partial charge in [0.2, 0.25) is 0 Å². The van der Waals surface area contributed by atoms with E-state index in [1.165, 1.54) is 77.0 Å². The van der Waals surface area contributed by atoms with Crippen LogP contribution in [0, 0.1) is 5.92 Å². The fraction of sp³-hybridized carbons (Fsp3) is 0.667. The molecule has 1 unspecified atom stereocenters. The molecular formula is C24H37NO2S2. The van der Waals surface area contributed by atoms with Gasteiger partial charge in [-0.2, -0.15) is 0 Å². The van der Waals surface area contributed by atoms with Crippen LogP contribution in [0.3, 0.4) is 0 Å². The average molecular weight is 436 g/mol. The topological polar surface area (TPSA) is 50.2 Å². The molecule has 0 bridgehead atoms. The van der Waals surface area contributed by atoms with E-state index in [4.69, 9.17) is 5.11 Å². The number of carboxylic acids is 1. The van der Waals surface area contributed by atoms with E-state index in [-0.39, 0.29) is 0 Å². The number of unbranched alkanes of at least 4 members (excludes halogenated alkanes) is 8. The lowest BCUT2D eigenvalue weighted by Gasteiger charge is -2.16. The molecule has 1 aromatic heterocycles. The van der Waals surface area contributed by atoms with Crippen LogP contribution in [0.4, 0.5) is 0 Å². The van der Waals surface area contributed by atoms with Gasteiger partial charge in [-0.3, -0.25) is 0 Å². The molecule has 0 saturated heterocycles. The lowest BCUT2D eigenvalue weighted by atomic mass is 9.96. The Bertz CT molecular complexity index is 729. The van der Waals surface area contributed by atoms with Gasteiger partial charge in [-0.15, -0.1) is 11.3 Å². The van der Waals surface area contributed by atoms with Gasteiger partial charge in [-0.1, -0.05) is 89.8 Å². The number of carboxylic acid groups (broad SMARTS) is 1. The molecule has 1 atom stereocenters. The predicted molar refractivity (Wildman–Crippen MR) is 128 cm³/mol. The number of carbonyl (C=O) groups is 1. The largest absolute Gasteiger partial charge is 0.478 e. The molecule has 0 saturated carbocycles. The minimum atomic E-state index is -0.889. The maximum Gasteiger partial charge on any atom is 0.335 e. The molecule has 1 aromatic carbocycles. The van der Waals surface area contributed by atoms with Gasteiger partial charge in [0.1, 0.15) is 0 Å². The Labute approximate surface area is 184 Å². The molecule has 1 heterocycles. The van der Waals surface area contributed by atoms with Crippen molar-refractivity contribution in [3.63, 3.8) is 0 Å². The highest BCUT2D eigenvalue weighted by Gasteiger charge is 2.13. The van der Waals surface area contributed by atoms with Crippen molar-refractivity contribution in [2.24, 2.45) is 5.92 Å². The standard InChI is InChI=1S/C24H37NO2S2/c1-3-5-7-9-10-12-14-19(13-11-8-6-4-2)18-28-24-25-21-17-20(23(26)27)15-16-22(21)29-24/h15-17,19H,3-14,18H2,1-2H3,(H,26,27). The summed E-state index contributed by atoms with van der Waals surface area (Å²) in [7, 11) is 0. The molecule has 162 valence electrons. The second-order valence-electron chi connectivity index (χ2n) is 8.05. The number of fused-ring (bicyclic) bond motifs is 1. The zero-order valence-corrected chi connectivity index (χ0v) is 19.8. The number of hydrogen-bond donors (Lipinski definition) is 1. The Kier molecular flexibility index (Phi) is 11.7. The summed E-state index contributed by atoms with van der Waals surface area (Å²) in [6, 6.07) is 5.25. The summed E-state index contributed by atoms with van der Waals surface area (Å²) in [5.74, 6) is 1.01. The van der Waals surface area contributed by atoms with Gasteiger partial charge in [-0.25, -0.2) is 9.78 Å². The lowest BCUT2D eigenvalue weighted by Crippen LogP contribution is -2.04. The van der Waals surface area contributed by atoms with Gasteiger partial charge in [0, 0.05) is 5.75 Å². The van der Waals surface area contributed by atoms with Crippen molar-refractivity contribution in [1.29, 1.82) is 0 Å². The van der Waals surface area contributed by atoms with E-state index in [9.17, 15) is 4.79 Å². The van der Waals surface area contributed by atoms with Crippen molar-refractivity contribution >= 4 is 39.3 Å². The Hall–Kier alpha value is -1.07. The number of nitrogens with zero attached hydrogens (tertiary/aromatic N) is 1. The van der Waals surface area contributed by atoms with Crippen molar-refractivity contribution < 1.29 is 9.90 Å². The number of rotatable bonds is 16. The van der Waals surface area contributed by atoms with E-state index in [1.54, 1.807) is 23.5 Å². The SMILES string of the molecule is CCCCCCCCC(CCCCCC)CSc1nc2cc(C(=O)O)ccc2s1. The Balaban J connectivity index is 1.85. The fourth-order valence-corrected chi connectivity index (χ4v) is 5.94. The Morgan fingerprint density at radius 2 is 1.62 bits per heavy atom. The predicted octanol–water partition coefficient (Wildman–Crippen LogP) is 8.42. The van der Waals surface area contributed by atoms with Gasteiger partial charge in [0.25, 0.3) is 0 Å². The van der Waals surface area contributed by atoms with Gasteiger partial charge in [-0.05, 0) is 37.0 Å². The van der Waals surface area contributed by atoms with E-state index >= 15 is 0 Å². The van der Waals surface area contributed by atoms with Gasteiger partial charge in [0.15, 0.2) is 4.34 Å². The second-order valence-corrected chi connectivity index (χ2v) is 10.3. The van der Waals surface area contributed by atoms with Crippen LogP contribution in [-0.4, -0.2) is 21.8 Å². The van der Waals surface area contributed by atoms with Crippen LogP contribution in [0.2, 0.25) is 0 Å². The molecule has 0 spiro atoms. The summed E-state index contributed by atoms with van der Waals surface area (Å²) >= 11 is 3.55. The molecule has 1 N–H and O–H groups in total. The summed E-state index contributed by atoms with van der Waals surface area (Å²) < 4.78 is 2.15. The zero-order chi connectivity index (χ0) is 20.9. The number of aromatic nitrogens is 1. The van der Waals surface area contributed by atoms with Crippen LogP contribution >= 0.6 is 23.1 Å². The number of benzene rings is 1. The molecule has 3 nitrogen and oxygen atoms in total. The summed E-state index contributed by atoms with van der Waals surface area (Å²) in [5.41, 5.74) is 1.13. The molecule has 0 radical (unpaired) electrons. The molecule has 0 aliphatic rings. The summed E-state index contributed by atoms with van der Waals surface area (Å²) in [6.45, 7) is 4.54. The first-order chi connectivity index (χ1) is 14.1. The van der Waals surface area contributed by atoms with E-state index in [0.717, 1.165) is 26.2 Å². The number of hydrogen-bond acceptors (Lipinski definition) is 4. The third-order valence-electron chi connectivity index (χ3n) is 5.49. The van der Waals surface area contributed by atoms with E-state index < -0.39 is 5.97 Å². The molecule has 0 fully saturated rings. The van der Waals surface area contributed by atoms with Gasteiger partial charge >= 0.3 is 5.97 Å². The average Bonchev–Trinajstić information content (AvgIpc) is 3.13. The first-order valence-corrected chi connectivity index (χ1v) is 13.2. The highest BCUT2D eigenvalue weighted by atomic mass is 32.2. The lowest BCUT2D eigenvalue weighted by molar-refractivity contribution is 0.0697. The molecule has 0 amide bonds. The maximum absolute atomic E-state index is 11.2. The molecule has 29 heavy (non-hydrogen) atoms. The van der Waals surface area contributed by atoms with E-state index in [0.29, 0.717) is 5.56 Å². The van der Waals surface area contributed by atoms with Crippen LogP contribution in [0.1, 0.15) is 101 Å². The monoisotopic (exact) mass is 435 g/mol. The fourth-order valence-electron chi connectivity index (χ4n) is 3.67. The summed E-state index contributed by atoms with van der Waals surface area (Å²) in [4.78, 5) is 15.9. The normalized spacial score (nSPS) is 12.5. The quantitative estimate of drug-likeness (QED) is 0.212. The first kappa shape index (κ1) is 24.2. The summed E-state index contributed by atoms with van der Waals surface area (Å²) in [5, 5.41) is 9.17. The van der Waals surface area contributed by atoms with E-state index in [2.05, 4.69) is 18.8 Å². The minimum absolute atomic E-state index is 0.316.